The van der Waals surface area contributed by atoms with Gasteiger partial charge in [0.15, 0.2) is 0 Å². The summed E-state index contributed by atoms with van der Waals surface area (Å²) in [6.45, 7) is 4.35. The number of ether oxygens (including phenoxy) is 1. The van der Waals surface area contributed by atoms with Gasteiger partial charge in [-0.1, -0.05) is 29.8 Å². The highest BCUT2D eigenvalue weighted by Crippen LogP contribution is 2.33. The van der Waals surface area contributed by atoms with Gasteiger partial charge in [-0.15, -0.1) is 0 Å². The third-order valence-electron chi connectivity index (χ3n) is 4.42. The predicted molar refractivity (Wildman–Crippen MR) is 98.3 cm³/mol. The van der Waals surface area contributed by atoms with Crippen LogP contribution >= 0.6 is 11.6 Å². The highest BCUT2D eigenvalue weighted by molar-refractivity contribution is 6.31. The number of nitrogens with zero attached hydrogens (tertiary/aromatic N) is 1. The Morgan fingerprint density at radius 2 is 2.12 bits per heavy atom. The number of benzene rings is 2. The minimum Gasteiger partial charge on any atom is -0.495 e. The van der Waals surface area contributed by atoms with Crippen molar-refractivity contribution < 1.29 is 9.53 Å². The number of amides is 1. The number of fused-ring (bicyclic) bond motifs is 1. The second kappa shape index (κ2) is 6.73. The average Bonchev–Trinajstić information content (AvgIpc) is 2.86. The van der Waals surface area contributed by atoms with Crippen LogP contribution in [0.5, 0.6) is 5.75 Å². The summed E-state index contributed by atoms with van der Waals surface area (Å²) in [4.78, 5) is 14.7. The molecule has 0 fully saturated rings. The van der Waals surface area contributed by atoms with Gasteiger partial charge >= 0.3 is 0 Å². The van der Waals surface area contributed by atoms with E-state index in [1.807, 2.05) is 25.1 Å². The predicted octanol–water partition coefficient (Wildman–Crippen LogP) is 4.05. The molecule has 0 saturated heterocycles. The molecule has 126 valence electrons. The van der Waals surface area contributed by atoms with Crippen molar-refractivity contribution in [2.45, 2.75) is 26.3 Å². The molecular weight excluding hydrogens is 324 g/mol. The molecule has 5 heteroatoms. The number of hydrogen-bond donors (Lipinski definition) is 1. The fourth-order valence-electron chi connectivity index (χ4n) is 3.14. The first-order valence-corrected chi connectivity index (χ1v) is 8.36. The SMILES string of the molecule is COc1cc(Cl)c(C)cc1NC(=O)CN1c2ccccc2CC1C. The second-order valence-electron chi connectivity index (χ2n) is 6.16. The van der Waals surface area contributed by atoms with Crippen molar-refractivity contribution in [3.63, 3.8) is 0 Å². The molecule has 1 amide bonds. The summed E-state index contributed by atoms with van der Waals surface area (Å²) in [5.74, 6) is 0.493. The highest BCUT2D eigenvalue weighted by Gasteiger charge is 2.27. The van der Waals surface area contributed by atoms with Crippen molar-refractivity contribution in [3.8, 4) is 5.75 Å². The van der Waals surface area contributed by atoms with Crippen molar-refractivity contribution >= 4 is 28.9 Å². The van der Waals surface area contributed by atoms with Crippen molar-refractivity contribution in [1.29, 1.82) is 0 Å². The first kappa shape index (κ1) is 16.7. The van der Waals surface area contributed by atoms with Crippen LogP contribution in [-0.4, -0.2) is 25.6 Å². The van der Waals surface area contributed by atoms with Crippen LogP contribution in [0.15, 0.2) is 36.4 Å². The van der Waals surface area contributed by atoms with Gasteiger partial charge in [0.25, 0.3) is 0 Å². The van der Waals surface area contributed by atoms with E-state index in [0.717, 1.165) is 17.7 Å². The summed E-state index contributed by atoms with van der Waals surface area (Å²) in [5.41, 5.74) is 3.97. The highest BCUT2D eigenvalue weighted by atomic mass is 35.5. The number of nitrogens with one attached hydrogen (secondary N) is 1. The normalized spacial score (nSPS) is 16.0. The van der Waals surface area contributed by atoms with Crippen molar-refractivity contribution in [1.82, 2.24) is 0 Å². The summed E-state index contributed by atoms with van der Waals surface area (Å²) >= 11 is 6.11. The Morgan fingerprint density at radius 1 is 1.38 bits per heavy atom. The van der Waals surface area contributed by atoms with E-state index in [0.29, 0.717) is 29.0 Å². The Labute approximate surface area is 147 Å². The third-order valence-corrected chi connectivity index (χ3v) is 4.82. The Kier molecular flexibility index (Phi) is 4.67. The number of hydrogen-bond acceptors (Lipinski definition) is 3. The molecule has 0 aromatic heterocycles. The molecule has 0 spiro atoms. The molecule has 24 heavy (non-hydrogen) atoms. The lowest BCUT2D eigenvalue weighted by Gasteiger charge is -2.24. The minimum absolute atomic E-state index is 0.0708. The van der Waals surface area contributed by atoms with E-state index in [-0.39, 0.29) is 5.91 Å². The number of halogens is 1. The summed E-state index contributed by atoms with van der Waals surface area (Å²) in [5, 5.41) is 3.56. The van der Waals surface area contributed by atoms with E-state index in [2.05, 4.69) is 29.3 Å². The smallest absolute Gasteiger partial charge is 0.244 e. The number of rotatable bonds is 4. The van der Waals surface area contributed by atoms with Gasteiger partial charge in [0.1, 0.15) is 5.75 Å². The molecule has 1 aliphatic heterocycles. The van der Waals surface area contributed by atoms with Gasteiger partial charge in [-0.2, -0.15) is 0 Å². The van der Waals surface area contributed by atoms with Crippen LogP contribution < -0.4 is 15.0 Å². The van der Waals surface area contributed by atoms with Gasteiger partial charge in [0, 0.05) is 22.8 Å². The monoisotopic (exact) mass is 344 g/mol. The Bertz CT molecular complexity index is 776. The van der Waals surface area contributed by atoms with Crippen LogP contribution in [0.25, 0.3) is 0 Å². The number of para-hydroxylation sites is 1. The zero-order chi connectivity index (χ0) is 17.3. The molecule has 1 aliphatic rings. The van der Waals surface area contributed by atoms with E-state index >= 15 is 0 Å². The van der Waals surface area contributed by atoms with Crippen LogP contribution in [0.4, 0.5) is 11.4 Å². The first-order chi connectivity index (χ1) is 11.5. The van der Waals surface area contributed by atoms with Gasteiger partial charge < -0.3 is 15.0 Å². The molecule has 0 radical (unpaired) electrons. The van der Waals surface area contributed by atoms with Crippen LogP contribution in [0.1, 0.15) is 18.1 Å². The molecule has 0 aliphatic carbocycles. The molecule has 1 heterocycles. The van der Waals surface area contributed by atoms with Gasteiger partial charge in [0.05, 0.1) is 19.3 Å². The molecule has 1 unspecified atom stereocenters. The first-order valence-electron chi connectivity index (χ1n) is 7.98. The zero-order valence-corrected chi connectivity index (χ0v) is 14.9. The molecular formula is C19H21ClN2O2. The topological polar surface area (TPSA) is 41.6 Å². The summed E-state index contributed by atoms with van der Waals surface area (Å²) < 4.78 is 5.32. The molecule has 0 bridgehead atoms. The zero-order valence-electron chi connectivity index (χ0n) is 14.1. The van der Waals surface area contributed by atoms with Crippen molar-refractivity contribution in [2.24, 2.45) is 0 Å². The lowest BCUT2D eigenvalue weighted by atomic mass is 10.1. The van der Waals surface area contributed by atoms with E-state index in [1.54, 1.807) is 13.2 Å². The quantitative estimate of drug-likeness (QED) is 0.909. The molecule has 1 N–H and O–H groups in total. The molecule has 4 nitrogen and oxygen atoms in total. The number of methoxy groups -OCH3 is 1. The lowest BCUT2D eigenvalue weighted by Crippen LogP contribution is -2.37. The summed E-state index contributed by atoms with van der Waals surface area (Å²) in [6.07, 6.45) is 0.965. The third kappa shape index (κ3) is 3.20. The number of aryl methyl sites for hydroxylation is 1. The average molecular weight is 345 g/mol. The molecule has 0 saturated carbocycles. The lowest BCUT2D eigenvalue weighted by molar-refractivity contribution is -0.115. The van der Waals surface area contributed by atoms with Crippen molar-refractivity contribution in [3.05, 3.63) is 52.5 Å². The van der Waals surface area contributed by atoms with Crippen LogP contribution in [0, 0.1) is 6.92 Å². The fourth-order valence-corrected chi connectivity index (χ4v) is 3.30. The summed E-state index contributed by atoms with van der Waals surface area (Å²) in [6, 6.07) is 12.1. The largest absolute Gasteiger partial charge is 0.495 e. The molecule has 1 atom stereocenters. The van der Waals surface area contributed by atoms with E-state index in [4.69, 9.17) is 16.3 Å². The molecule has 2 aromatic rings. The Balaban J connectivity index is 1.76. The Morgan fingerprint density at radius 3 is 2.88 bits per heavy atom. The van der Waals surface area contributed by atoms with Crippen LogP contribution in [0.3, 0.4) is 0 Å². The summed E-state index contributed by atoms with van der Waals surface area (Å²) in [7, 11) is 1.56. The maximum Gasteiger partial charge on any atom is 0.244 e. The molecule has 3 rings (SSSR count). The standard InChI is InChI=1S/C19H21ClN2O2/c1-12-8-16(18(24-3)10-15(12)20)21-19(23)11-22-13(2)9-14-6-4-5-7-17(14)22/h4-8,10,13H,9,11H2,1-3H3,(H,21,23). The van der Waals surface area contributed by atoms with E-state index in [1.165, 1.54) is 5.56 Å². The maximum absolute atomic E-state index is 12.5. The number of carbonyl (C=O) groups is 1. The minimum atomic E-state index is -0.0708. The van der Waals surface area contributed by atoms with Crippen molar-refractivity contribution in [2.75, 3.05) is 23.9 Å². The van der Waals surface area contributed by atoms with E-state index < -0.39 is 0 Å². The van der Waals surface area contributed by atoms with Gasteiger partial charge in [-0.3, -0.25) is 4.79 Å². The van der Waals surface area contributed by atoms with Crippen LogP contribution in [0.2, 0.25) is 5.02 Å². The molecule has 2 aromatic carbocycles. The van der Waals surface area contributed by atoms with Crippen LogP contribution in [-0.2, 0) is 11.2 Å². The number of carbonyl (C=O) groups excluding carboxylic acids is 1. The number of anilines is 2. The maximum atomic E-state index is 12.5. The van der Waals surface area contributed by atoms with Gasteiger partial charge in [-0.05, 0) is 43.5 Å². The van der Waals surface area contributed by atoms with Gasteiger partial charge in [-0.25, -0.2) is 0 Å². The van der Waals surface area contributed by atoms with Gasteiger partial charge in [0.2, 0.25) is 5.91 Å². The van der Waals surface area contributed by atoms with E-state index in [9.17, 15) is 4.79 Å². The fraction of sp³-hybridized carbons (Fsp3) is 0.316. The Hall–Kier alpha value is -2.20. The second-order valence-corrected chi connectivity index (χ2v) is 6.57.